The quantitative estimate of drug-likeness (QED) is 0.363. The highest BCUT2D eigenvalue weighted by Gasteiger charge is 2.51. The van der Waals surface area contributed by atoms with Crippen molar-refractivity contribution in [1.82, 2.24) is 0 Å². The Bertz CT molecular complexity index is 513. The smallest absolute Gasteiger partial charge is 0.171 e. The molecule has 6 heteroatoms. The molecule has 2 saturated heterocycles. The Morgan fingerprint density at radius 3 is 2.72 bits per heavy atom. The summed E-state index contributed by atoms with van der Waals surface area (Å²) in [5, 5.41) is 0. The first-order valence-electron chi connectivity index (χ1n) is 11.5. The van der Waals surface area contributed by atoms with Crippen LogP contribution in [0.25, 0.3) is 0 Å². The Kier molecular flexibility index (Phi) is 9.09. The second-order valence-corrected chi connectivity index (χ2v) is 8.50. The zero-order valence-electron chi connectivity index (χ0n) is 17.7. The Labute approximate surface area is 174 Å². The van der Waals surface area contributed by atoms with Crippen LogP contribution in [0.15, 0.2) is 12.2 Å². The predicted molar refractivity (Wildman–Crippen MR) is 108 cm³/mol. The summed E-state index contributed by atoms with van der Waals surface area (Å²) in [5.41, 5.74) is 0. The molecule has 3 rings (SSSR count). The molecule has 5 nitrogen and oxygen atoms in total. The molecule has 0 N–H and O–H groups in total. The molecule has 1 aliphatic carbocycles. The predicted octanol–water partition coefficient (Wildman–Crippen LogP) is 4.73. The summed E-state index contributed by atoms with van der Waals surface area (Å²) in [4.78, 5) is 11.0. The van der Waals surface area contributed by atoms with Gasteiger partial charge in [-0.25, -0.2) is 4.39 Å². The standard InChI is InChI=1S/C23H37FO5/c1-2-3-8-20(24)21(29-22-9-4-5-15-26-22)11-10-18-12-13-23(27-16-17-28-23)19(18)7-6-14-25/h10-11,14,18-22H,2-9,12-13,15-17H2,1H3/b11-10+. The van der Waals surface area contributed by atoms with Crippen LogP contribution in [0.3, 0.4) is 0 Å². The van der Waals surface area contributed by atoms with Gasteiger partial charge in [-0.3, -0.25) is 0 Å². The maximum absolute atomic E-state index is 14.9. The highest BCUT2D eigenvalue weighted by Crippen LogP contribution is 2.48. The van der Waals surface area contributed by atoms with Gasteiger partial charge in [-0.05, 0) is 44.4 Å². The monoisotopic (exact) mass is 412 g/mol. The molecule has 0 amide bonds. The third-order valence-electron chi connectivity index (χ3n) is 6.46. The Balaban J connectivity index is 1.67. The van der Waals surface area contributed by atoms with E-state index in [-0.39, 0.29) is 18.1 Å². The van der Waals surface area contributed by atoms with Crippen LogP contribution in [-0.4, -0.2) is 50.5 Å². The van der Waals surface area contributed by atoms with Gasteiger partial charge in [0.1, 0.15) is 18.6 Å². The number of aldehydes is 1. The summed E-state index contributed by atoms with van der Waals surface area (Å²) in [5.74, 6) is -0.255. The summed E-state index contributed by atoms with van der Waals surface area (Å²) in [6.45, 7) is 3.95. The van der Waals surface area contributed by atoms with Crippen molar-refractivity contribution in [2.45, 2.75) is 95.5 Å². The first kappa shape index (κ1) is 22.9. The molecule has 3 aliphatic rings. The zero-order chi connectivity index (χ0) is 20.5. The van der Waals surface area contributed by atoms with Crippen molar-refractivity contribution in [3.63, 3.8) is 0 Å². The van der Waals surface area contributed by atoms with Crippen LogP contribution in [0.4, 0.5) is 4.39 Å². The van der Waals surface area contributed by atoms with Gasteiger partial charge in [-0.15, -0.1) is 0 Å². The SMILES string of the molecule is CCCCC(F)C(/C=C/C1CCC2(OCCO2)C1CCC=O)OC1CCCCO1. The van der Waals surface area contributed by atoms with Crippen LogP contribution in [-0.2, 0) is 23.7 Å². The van der Waals surface area contributed by atoms with Crippen molar-refractivity contribution >= 4 is 6.29 Å². The van der Waals surface area contributed by atoms with Crippen LogP contribution in [0, 0.1) is 11.8 Å². The molecule has 0 aromatic carbocycles. The topological polar surface area (TPSA) is 54.0 Å². The maximum Gasteiger partial charge on any atom is 0.171 e. The molecular formula is C23H37FO5. The van der Waals surface area contributed by atoms with E-state index in [1.807, 2.05) is 6.08 Å². The Morgan fingerprint density at radius 2 is 2.03 bits per heavy atom. The molecule has 2 heterocycles. The molecule has 0 bridgehead atoms. The van der Waals surface area contributed by atoms with E-state index in [9.17, 15) is 9.18 Å². The van der Waals surface area contributed by atoms with Gasteiger partial charge in [-0.1, -0.05) is 31.9 Å². The number of alkyl halides is 1. The summed E-state index contributed by atoms with van der Waals surface area (Å²) >= 11 is 0. The second kappa shape index (κ2) is 11.5. The molecule has 0 aromatic rings. The summed E-state index contributed by atoms with van der Waals surface area (Å²) in [7, 11) is 0. The number of rotatable bonds is 11. The van der Waals surface area contributed by atoms with E-state index in [1.165, 1.54) is 0 Å². The largest absolute Gasteiger partial charge is 0.353 e. The van der Waals surface area contributed by atoms with Crippen LogP contribution >= 0.6 is 0 Å². The zero-order valence-corrected chi connectivity index (χ0v) is 17.7. The molecule has 1 saturated carbocycles. The third-order valence-corrected chi connectivity index (χ3v) is 6.46. The van der Waals surface area contributed by atoms with Gasteiger partial charge in [0.25, 0.3) is 0 Å². The molecule has 0 radical (unpaired) electrons. The van der Waals surface area contributed by atoms with Crippen LogP contribution in [0.5, 0.6) is 0 Å². The average Bonchev–Trinajstić information content (AvgIpc) is 3.36. The lowest BCUT2D eigenvalue weighted by Gasteiger charge is -2.31. The number of ether oxygens (including phenoxy) is 4. The first-order chi connectivity index (χ1) is 14.2. The fourth-order valence-corrected chi connectivity index (χ4v) is 4.88. The van der Waals surface area contributed by atoms with Gasteiger partial charge in [0.15, 0.2) is 12.1 Å². The van der Waals surface area contributed by atoms with Crippen molar-refractivity contribution in [2.75, 3.05) is 19.8 Å². The fraction of sp³-hybridized carbons (Fsp3) is 0.870. The van der Waals surface area contributed by atoms with Gasteiger partial charge >= 0.3 is 0 Å². The summed E-state index contributed by atoms with van der Waals surface area (Å²) < 4.78 is 38.6. The van der Waals surface area contributed by atoms with E-state index in [1.54, 1.807) is 0 Å². The minimum Gasteiger partial charge on any atom is -0.353 e. The number of carbonyl (C=O) groups excluding carboxylic acids is 1. The maximum atomic E-state index is 14.9. The molecule has 29 heavy (non-hydrogen) atoms. The number of carbonyl (C=O) groups is 1. The number of hydrogen-bond acceptors (Lipinski definition) is 5. The minimum atomic E-state index is -1.04. The van der Waals surface area contributed by atoms with Crippen molar-refractivity contribution < 1.29 is 28.1 Å². The van der Waals surface area contributed by atoms with Gasteiger partial charge < -0.3 is 23.7 Å². The van der Waals surface area contributed by atoms with Crippen LogP contribution in [0.2, 0.25) is 0 Å². The van der Waals surface area contributed by atoms with E-state index >= 15 is 0 Å². The Hall–Kier alpha value is -0.820. The molecule has 0 aromatic heterocycles. The number of hydrogen-bond donors (Lipinski definition) is 0. The van der Waals surface area contributed by atoms with E-state index in [0.29, 0.717) is 32.7 Å². The highest BCUT2D eigenvalue weighted by molar-refractivity contribution is 5.49. The summed E-state index contributed by atoms with van der Waals surface area (Å²) in [6.07, 6.45) is 11.1. The average molecular weight is 413 g/mol. The number of halogens is 1. The first-order valence-corrected chi connectivity index (χ1v) is 11.5. The van der Waals surface area contributed by atoms with Crippen molar-refractivity contribution in [3.8, 4) is 0 Å². The normalized spacial score (nSPS) is 31.4. The molecular weight excluding hydrogens is 375 g/mol. The second-order valence-electron chi connectivity index (χ2n) is 8.50. The van der Waals surface area contributed by atoms with E-state index in [0.717, 1.165) is 57.7 Å². The van der Waals surface area contributed by atoms with Gasteiger partial charge in [0, 0.05) is 25.4 Å². The highest BCUT2D eigenvalue weighted by atomic mass is 19.1. The Morgan fingerprint density at radius 1 is 1.21 bits per heavy atom. The number of allylic oxidation sites excluding steroid dienone is 1. The van der Waals surface area contributed by atoms with Crippen molar-refractivity contribution in [3.05, 3.63) is 12.2 Å². The van der Waals surface area contributed by atoms with Crippen molar-refractivity contribution in [1.29, 1.82) is 0 Å². The van der Waals surface area contributed by atoms with Gasteiger partial charge in [0.05, 0.1) is 13.2 Å². The van der Waals surface area contributed by atoms with Gasteiger partial charge in [-0.2, -0.15) is 0 Å². The summed E-state index contributed by atoms with van der Waals surface area (Å²) in [6, 6.07) is 0. The van der Waals surface area contributed by atoms with E-state index in [2.05, 4.69) is 13.0 Å². The molecule has 1 spiro atoms. The minimum absolute atomic E-state index is 0.117. The van der Waals surface area contributed by atoms with Crippen LogP contribution < -0.4 is 0 Å². The molecule has 5 unspecified atom stereocenters. The number of unbranched alkanes of at least 4 members (excludes halogenated alkanes) is 1. The lowest BCUT2D eigenvalue weighted by molar-refractivity contribution is -0.190. The molecule has 166 valence electrons. The lowest BCUT2D eigenvalue weighted by Crippen LogP contribution is -2.36. The van der Waals surface area contributed by atoms with Crippen LogP contribution in [0.1, 0.15) is 71.1 Å². The fourth-order valence-electron chi connectivity index (χ4n) is 4.88. The van der Waals surface area contributed by atoms with E-state index < -0.39 is 18.1 Å². The van der Waals surface area contributed by atoms with E-state index in [4.69, 9.17) is 18.9 Å². The molecule has 5 atom stereocenters. The van der Waals surface area contributed by atoms with Gasteiger partial charge in [0.2, 0.25) is 0 Å². The lowest BCUT2D eigenvalue weighted by atomic mass is 9.87. The molecule has 2 aliphatic heterocycles. The molecule has 3 fully saturated rings. The third kappa shape index (κ3) is 6.09. The van der Waals surface area contributed by atoms with Crippen molar-refractivity contribution in [2.24, 2.45) is 11.8 Å².